The van der Waals surface area contributed by atoms with Crippen LogP contribution in [0.4, 0.5) is 8.78 Å². The number of rotatable bonds is 3. The number of hydrogen-bond acceptors (Lipinski definition) is 2. The zero-order valence-corrected chi connectivity index (χ0v) is 6.35. The Bertz CT molecular complexity index is 130. The summed E-state index contributed by atoms with van der Waals surface area (Å²) in [4.78, 5) is 0. The molecule has 1 heterocycles. The monoisotopic (exact) mass is 165 g/mol. The van der Waals surface area contributed by atoms with Gasteiger partial charge in [-0.05, 0) is 19.4 Å². The first-order chi connectivity index (χ1) is 5.17. The second-order valence-electron chi connectivity index (χ2n) is 2.90. The van der Waals surface area contributed by atoms with Gasteiger partial charge in [0.15, 0.2) is 0 Å². The van der Waals surface area contributed by atoms with E-state index in [9.17, 15) is 8.78 Å². The van der Waals surface area contributed by atoms with Crippen LogP contribution in [0.3, 0.4) is 0 Å². The number of hydrogen-bond donors (Lipinski definition) is 1. The van der Waals surface area contributed by atoms with Gasteiger partial charge in [0.2, 0.25) is 0 Å². The predicted octanol–water partition coefficient (Wildman–Crippen LogP) is 1.01. The number of ether oxygens (including phenoxy) is 1. The van der Waals surface area contributed by atoms with Crippen LogP contribution < -0.4 is 5.73 Å². The van der Waals surface area contributed by atoms with Crippen molar-refractivity contribution in [3.8, 4) is 0 Å². The highest BCUT2D eigenvalue weighted by Crippen LogP contribution is 2.33. The molecule has 1 rings (SSSR count). The van der Waals surface area contributed by atoms with Crippen molar-refractivity contribution < 1.29 is 13.5 Å². The lowest BCUT2D eigenvalue weighted by atomic mass is 9.99. The van der Waals surface area contributed by atoms with Crippen LogP contribution in [-0.4, -0.2) is 25.7 Å². The van der Waals surface area contributed by atoms with Crippen molar-refractivity contribution in [1.29, 1.82) is 0 Å². The molecule has 1 unspecified atom stereocenters. The summed E-state index contributed by atoms with van der Waals surface area (Å²) >= 11 is 0. The highest BCUT2D eigenvalue weighted by Gasteiger charge is 2.44. The average molecular weight is 165 g/mol. The minimum Gasteiger partial charge on any atom is -0.375 e. The molecule has 0 aromatic carbocycles. The molecule has 11 heavy (non-hydrogen) atoms. The third-order valence-electron chi connectivity index (χ3n) is 1.97. The minimum absolute atomic E-state index is 0.188. The average Bonchev–Trinajstić information content (AvgIpc) is 2.25. The Kier molecular flexibility index (Phi) is 2.78. The van der Waals surface area contributed by atoms with Crippen molar-refractivity contribution >= 4 is 0 Å². The Morgan fingerprint density at radius 3 is 2.73 bits per heavy atom. The van der Waals surface area contributed by atoms with E-state index in [4.69, 9.17) is 5.73 Å². The van der Waals surface area contributed by atoms with Gasteiger partial charge in [0.05, 0.1) is 6.61 Å². The van der Waals surface area contributed by atoms with E-state index in [2.05, 4.69) is 4.74 Å². The van der Waals surface area contributed by atoms with Gasteiger partial charge in [0, 0.05) is 5.92 Å². The largest absolute Gasteiger partial charge is 0.375 e. The molecule has 66 valence electrons. The van der Waals surface area contributed by atoms with Crippen LogP contribution in [-0.2, 0) is 4.74 Å². The molecule has 1 aliphatic rings. The molecule has 2 N–H and O–H groups in total. The van der Waals surface area contributed by atoms with Crippen molar-refractivity contribution in [2.75, 3.05) is 19.8 Å². The normalized spacial score (nSPS) is 29.2. The van der Waals surface area contributed by atoms with Gasteiger partial charge in [-0.2, -0.15) is 0 Å². The molecule has 2 nitrogen and oxygen atoms in total. The van der Waals surface area contributed by atoms with Crippen LogP contribution in [0.1, 0.15) is 12.8 Å². The van der Waals surface area contributed by atoms with Gasteiger partial charge >= 0.3 is 0 Å². The van der Waals surface area contributed by atoms with Gasteiger partial charge in [0.25, 0.3) is 5.92 Å². The molecule has 1 aliphatic heterocycles. The fraction of sp³-hybridized carbons (Fsp3) is 1.00. The minimum atomic E-state index is -2.62. The third kappa shape index (κ3) is 2.10. The zero-order valence-electron chi connectivity index (χ0n) is 6.35. The topological polar surface area (TPSA) is 35.2 Å². The van der Waals surface area contributed by atoms with Crippen molar-refractivity contribution in [3.63, 3.8) is 0 Å². The van der Waals surface area contributed by atoms with E-state index in [1.807, 2.05) is 0 Å². The first-order valence-electron chi connectivity index (χ1n) is 3.82. The molecular weight excluding hydrogens is 152 g/mol. The Morgan fingerprint density at radius 1 is 1.55 bits per heavy atom. The number of nitrogens with two attached hydrogens (primary N) is 1. The molecule has 0 aliphatic carbocycles. The standard InChI is InChI=1S/C7H13F2NO/c8-7(9)5-11-4-6(7)2-1-3-10/h6H,1-5,10H2. The molecule has 0 saturated carbocycles. The van der Waals surface area contributed by atoms with Crippen LogP contribution in [0.25, 0.3) is 0 Å². The molecule has 4 heteroatoms. The second kappa shape index (κ2) is 3.45. The van der Waals surface area contributed by atoms with E-state index in [0.717, 1.165) is 0 Å². The van der Waals surface area contributed by atoms with Crippen LogP contribution in [0.15, 0.2) is 0 Å². The second-order valence-corrected chi connectivity index (χ2v) is 2.90. The molecular formula is C7H13F2NO. The highest BCUT2D eigenvalue weighted by atomic mass is 19.3. The summed E-state index contributed by atoms with van der Waals surface area (Å²) < 4.78 is 30.2. The zero-order chi connectivity index (χ0) is 8.32. The van der Waals surface area contributed by atoms with Crippen LogP contribution in [0.5, 0.6) is 0 Å². The maximum absolute atomic E-state index is 12.8. The molecule has 0 radical (unpaired) electrons. The lowest BCUT2D eigenvalue weighted by Gasteiger charge is -2.15. The van der Waals surface area contributed by atoms with E-state index >= 15 is 0 Å². The van der Waals surface area contributed by atoms with E-state index in [0.29, 0.717) is 19.4 Å². The van der Waals surface area contributed by atoms with Gasteiger partial charge in [-0.3, -0.25) is 0 Å². The maximum atomic E-state index is 12.8. The number of halogens is 2. The maximum Gasteiger partial charge on any atom is 0.275 e. The summed E-state index contributed by atoms with van der Waals surface area (Å²) in [5.41, 5.74) is 5.21. The third-order valence-corrected chi connectivity index (χ3v) is 1.97. The Morgan fingerprint density at radius 2 is 2.27 bits per heavy atom. The van der Waals surface area contributed by atoms with Crippen LogP contribution in [0.2, 0.25) is 0 Å². The van der Waals surface area contributed by atoms with E-state index < -0.39 is 18.4 Å². The Hall–Kier alpha value is -0.220. The quantitative estimate of drug-likeness (QED) is 0.677. The summed E-state index contributed by atoms with van der Waals surface area (Å²) in [7, 11) is 0. The molecule has 0 amide bonds. The summed E-state index contributed by atoms with van der Waals surface area (Å²) in [6.45, 7) is 0.252. The first-order valence-corrected chi connectivity index (χ1v) is 3.82. The van der Waals surface area contributed by atoms with Gasteiger partial charge in [-0.15, -0.1) is 0 Å². The molecule has 0 spiro atoms. The lowest BCUT2D eigenvalue weighted by Crippen LogP contribution is -2.26. The Labute approximate surface area is 64.7 Å². The summed E-state index contributed by atoms with van der Waals surface area (Å²) in [5.74, 6) is -3.22. The fourth-order valence-electron chi connectivity index (χ4n) is 1.24. The van der Waals surface area contributed by atoms with E-state index in [1.54, 1.807) is 0 Å². The van der Waals surface area contributed by atoms with Crippen molar-refractivity contribution in [1.82, 2.24) is 0 Å². The Balaban J connectivity index is 2.32. The van der Waals surface area contributed by atoms with Gasteiger partial charge in [0.1, 0.15) is 6.61 Å². The summed E-state index contributed by atoms with van der Waals surface area (Å²) in [5, 5.41) is 0. The highest BCUT2D eigenvalue weighted by molar-refractivity contribution is 4.81. The molecule has 0 bridgehead atoms. The predicted molar refractivity (Wildman–Crippen MR) is 37.5 cm³/mol. The van der Waals surface area contributed by atoms with Crippen molar-refractivity contribution in [2.24, 2.45) is 11.7 Å². The molecule has 1 fully saturated rings. The number of alkyl halides is 2. The molecule has 0 aromatic rings. The molecule has 0 aromatic heterocycles. The van der Waals surface area contributed by atoms with Gasteiger partial charge in [-0.1, -0.05) is 0 Å². The summed E-state index contributed by atoms with van der Waals surface area (Å²) in [6.07, 6.45) is 1.13. The van der Waals surface area contributed by atoms with Crippen molar-refractivity contribution in [2.45, 2.75) is 18.8 Å². The SMILES string of the molecule is NCCCC1COCC1(F)F. The smallest absolute Gasteiger partial charge is 0.275 e. The van der Waals surface area contributed by atoms with Crippen LogP contribution >= 0.6 is 0 Å². The lowest BCUT2D eigenvalue weighted by molar-refractivity contribution is -0.0387. The molecule has 1 atom stereocenters. The van der Waals surface area contributed by atoms with E-state index in [1.165, 1.54) is 0 Å². The fourth-order valence-corrected chi connectivity index (χ4v) is 1.24. The summed E-state index contributed by atoms with van der Waals surface area (Å²) in [6, 6.07) is 0. The first kappa shape index (κ1) is 8.87. The van der Waals surface area contributed by atoms with Gasteiger partial charge in [-0.25, -0.2) is 8.78 Å². The van der Waals surface area contributed by atoms with Crippen molar-refractivity contribution in [3.05, 3.63) is 0 Å². The molecule has 1 saturated heterocycles. The van der Waals surface area contributed by atoms with Crippen LogP contribution in [0, 0.1) is 5.92 Å². The van der Waals surface area contributed by atoms with E-state index in [-0.39, 0.29) is 6.61 Å². The van der Waals surface area contributed by atoms with Gasteiger partial charge < -0.3 is 10.5 Å².